The second-order valence-electron chi connectivity index (χ2n) is 4.83. The Morgan fingerprint density at radius 3 is 2.95 bits per heavy atom. The molecule has 3 rings (SSSR count). The van der Waals surface area contributed by atoms with Gasteiger partial charge in [-0.05, 0) is 20.3 Å². The predicted molar refractivity (Wildman–Crippen MR) is 82.1 cm³/mol. The summed E-state index contributed by atoms with van der Waals surface area (Å²) in [6.45, 7) is 3.66. The van der Waals surface area contributed by atoms with Gasteiger partial charge in [0.1, 0.15) is 6.33 Å². The molecule has 0 aliphatic carbocycles. The van der Waals surface area contributed by atoms with Crippen LogP contribution in [0, 0.1) is 13.8 Å². The summed E-state index contributed by atoms with van der Waals surface area (Å²) in [5.74, 6) is 0.150. The van der Waals surface area contributed by atoms with E-state index in [9.17, 15) is 9.59 Å². The van der Waals surface area contributed by atoms with Crippen LogP contribution in [0.25, 0.3) is 5.78 Å². The van der Waals surface area contributed by atoms with Crippen molar-refractivity contribution < 1.29 is 4.79 Å². The van der Waals surface area contributed by atoms with Crippen LogP contribution in [0.2, 0.25) is 0 Å². The maximum atomic E-state index is 12.3. The third-order valence-corrected chi connectivity index (χ3v) is 4.03. The average Bonchev–Trinajstić information content (AvgIpc) is 3.07. The van der Waals surface area contributed by atoms with Gasteiger partial charge in [-0.1, -0.05) is 0 Å². The maximum Gasteiger partial charge on any atom is 0.277 e. The van der Waals surface area contributed by atoms with Gasteiger partial charge in [-0.2, -0.15) is 4.52 Å². The van der Waals surface area contributed by atoms with Crippen molar-refractivity contribution in [1.82, 2.24) is 24.6 Å². The molecule has 2 N–H and O–H groups in total. The quantitative estimate of drug-likeness (QED) is 0.748. The molecule has 0 aliphatic heterocycles. The highest BCUT2D eigenvalue weighted by Gasteiger charge is 2.13. The lowest BCUT2D eigenvalue weighted by atomic mass is 10.1. The van der Waals surface area contributed by atoms with E-state index in [-0.39, 0.29) is 17.9 Å². The number of aromatic nitrogens is 5. The van der Waals surface area contributed by atoms with Gasteiger partial charge in [0.25, 0.3) is 11.3 Å². The topological polar surface area (TPSA) is 105 Å². The van der Waals surface area contributed by atoms with Crippen LogP contribution in [-0.2, 0) is 11.2 Å². The summed E-state index contributed by atoms with van der Waals surface area (Å²) >= 11 is 1.41. The molecule has 0 unspecified atom stereocenters. The van der Waals surface area contributed by atoms with Crippen molar-refractivity contribution in [2.24, 2.45) is 0 Å². The van der Waals surface area contributed by atoms with E-state index in [4.69, 9.17) is 0 Å². The fourth-order valence-electron chi connectivity index (χ4n) is 2.12. The van der Waals surface area contributed by atoms with Crippen molar-refractivity contribution in [3.8, 4) is 0 Å². The van der Waals surface area contributed by atoms with Crippen LogP contribution >= 0.6 is 11.3 Å². The third-order valence-electron chi connectivity index (χ3n) is 3.20. The lowest BCUT2D eigenvalue weighted by Gasteiger charge is -2.05. The van der Waals surface area contributed by atoms with Crippen molar-refractivity contribution in [3.63, 3.8) is 0 Å². The van der Waals surface area contributed by atoms with Crippen LogP contribution in [0.15, 0.2) is 17.3 Å². The van der Waals surface area contributed by atoms with E-state index >= 15 is 0 Å². The predicted octanol–water partition coefficient (Wildman–Crippen LogP) is 1.06. The fourth-order valence-corrected chi connectivity index (χ4v) is 2.80. The number of hydrogen-bond acceptors (Lipinski definition) is 6. The summed E-state index contributed by atoms with van der Waals surface area (Å²) in [6, 6.07) is 0. The molecule has 0 spiro atoms. The molecule has 0 aliphatic rings. The third kappa shape index (κ3) is 2.75. The highest BCUT2D eigenvalue weighted by Crippen LogP contribution is 2.16. The summed E-state index contributed by atoms with van der Waals surface area (Å²) in [4.78, 5) is 37.5. The number of carbonyl (C=O) groups is 1. The zero-order valence-corrected chi connectivity index (χ0v) is 12.9. The van der Waals surface area contributed by atoms with Crippen molar-refractivity contribution >= 4 is 28.2 Å². The number of nitrogens with one attached hydrogen (secondary N) is 2. The molecule has 0 atom stereocenters. The molecule has 3 heterocycles. The Balaban J connectivity index is 1.73. The molecule has 0 aromatic carbocycles. The van der Waals surface area contributed by atoms with E-state index in [1.807, 2.05) is 6.92 Å². The van der Waals surface area contributed by atoms with Crippen molar-refractivity contribution in [2.75, 3.05) is 5.32 Å². The zero-order valence-electron chi connectivity index (χ0n) is 12.1. The Hall–Kier alpha value is -2.55. The van der Waals surface area contributed by atoms with E-state index in [0.29, 0.717) is 28.6 Å². The molecule has 114 valence electrons. The van der Waals surface area contributed by atoms with Gasteiger partial charge < -0.3 is 5.32 Å². The van der Waals surface area contributed by atoms with Crippen LogP contribution in [-0.4, -0.2) is 30.5 Å². The van der Waals surface area contributed by atoms with E-state index in [1.165, 1.54) is 22.2 Å². The summed E-state index contributed by atoms with van der Waals surface area (Å²) in [6.07, 6.45) is 3.61. The Morgan fingerprint density at radius 2 is 2.23 bits per heavy atom. The molecule has 0 fully saturated rings. The smallest absolute Gasteiger partial charge is 0.277 e. The number of carbonyl (C=O) groups excluding carboxylic acids is 1. The summed E-state index contributed by atoms with van der Waals surface area (Å²) in [7, 11) is 0. The first-order chi connectivity index (χ1) is 10.5. The van der Waals surface area contributed by atoms with Gasteiger partial charge in [0, 0.05) is 23.1 Å². The molecule has 8 nitrogen and oxygen atoms in total. The van der Waals surface area contributed by atoms with Gasteiger partial charge in [0.15, 0.2) is 5.13 Å². The van der Waals surface area contributed by atoms with Crippen LogP contribution < -0.4 is 10.9 Å². The van der Waals surface area contributed by atoms with Crippen molar-refractivity contribution in [3.05, 3.63) is 39.0 Å². The Bertz CT molecular complexity index is 893. The number of H-pyrrole nitrogens is 1. The van der Waals surface area contributed by atoms with E-state index < -0.39 is 0 Å². The van der Waals surface area contributed by atoms with Crippen LogP contribution in [0.3, 0.4) is 0 Å². The van der Waals surface area contributed by atoms with Gasteiger partial charge in [0.05, 0.1) is 5.69 Å². The normalized spacial score (nSPS) is 11.0. The molecule has 0 saturated carbocycles. The van der Waals surface area contributed by atoms with Crippen LogP contribution in [0.1, 0.15) is 22.6 Å². The van der Waals surface area contributed by atoms with Gasteiger partial charge in [-0.15, -0.1) is 11.3 Å². The molecule has 22 heavy (non-hydrogen) atoms. The SMILES string of the molecule is Cc1cnc(NC(=O)CCc2c(C)nc3nc[nH]n3c2=O)s1. The second-order valence-corrected chi connectivity index (χ2v) is 6.06. The molecule has 3 aromatic rings. The van der Waals surface area contributed by atoms with Gasteiger partial charge in [0.2, 0.25) is 5.91 Å². The molecular formula is C13H14N6O2S. The highest BCUT2D eigenvalue weighted by molar-refractivity contribution is 7.15. The summed E-state index contributed by atoms with van der Waals surface area (Å²) in [5.41, 5.74) is 0.875. The van der Waals surface area contributed by atoms with E-state index in [2.05, 4.69) is 25.4 Å². The molecule has 0 bridgehead atoms. The van der Waals surface area contributed by atoms with Gasteiger partial charge >= 0.3 is 0 Å². The van der Waals surface area contributed by atoms with Crippen LogP contribution in [0.5, 0.6) is 0 Å². The molecule has 0 saturated heterocycles. The molecule has 3 aromatic heterocycles. The Kier molecular flexibility index (Phi) is 3.72. The summed E-state index contributed by atoms with van der Waals surface area (Å²) in [5, 5.41) is 6.00. The Morgan fingerprint density at radius 1 is 1.41 bits per heavy atom. The average molecular weight is 318 g/mol. The lowest BCUT2D eigenvalue weighted by Crippen LogP contribution is -2.23. The zero-order chi connectivity index (χ0) is 15.7. The minimum atomic E-state index is -0.224. The Labute approximate surface area is 129 Å². The van der Waals surface area contributed by atoms with Crippen molar-refractivity contribution in [2.45, 2.75) is 26.7 Å². The first kappa shape index (κ1) is 14.4. The monoisotopic (exact) mass is 318 g/mol. The van der Waals surface area contributed by atoms with Crippen molar-refractivity contribution in [1.29, 1.82) is 0 Å². The lowest BCUT2D eigenvalue weighted by molar-refractivity contribution is -0.116. The minimum Gasteiger partial charge on any atom is -0.302 e. The standard InChI is InChI=1S/C13H14N6O2S/c1-7-5-14-13(22-7)18-10(20)4-3-9-8(2)17-12-15-6-16-19(12)11(9)21/h5-6H,3-4H2,1-2H3,(H,14,18,20)(H,15,16,17). The second kappa shape index (κ2) is 5.68. The fraction of sp³-hybridized carbons (Fsp3) is 0.308. The largest absolute Gasteiger partial charge is 0.302 e. The maximum absolute atomic E-state index is 12.3. The highest BCUT2D eigenvalue weighted by atomic mass is 32.1. The number of amides is 1. The van der Waals surface area contributed by atoms with E-state index in [1.54, 1.807) is 13.1 Å². The summed E-state index contributed by atoms with van der Waals surface area (Å²) < 4.78 is 1.27. The van der Waals surface area contributed by atoms with E-state index in [0.717, 1.165) is 4.88 Å². The number of aromatic amines is 1. The number of fused-ring (bicyclic) bond motifs is 1. The molecule has 0 radical (unpaired) electrons. The molecular weight excluding hydrogens is 304 g/mol. The first-order valence-electron chi connectivity index (χ1n) is 6.68. The molecule has 9 heteroatoms. The number of hydrogen-bond donors (Lipinski definition) is 2. The number of thiazole rings is 1. The number of nitrogens with zero attached hydrogens (tertiary/aromatic N) is 4. The number of rotatable bonds is 4. The first-order valence-corrected chi connectivity index (χ1v) is 7.50. The van der Waals surface area contributed by atoms with Gasteiger partial charge in [-0.3, -0.25) is 14.7 Å². The number of aryl methyl sites for hydroxylation is 2. The molecule has 1 amide bonds. The minimum absolute atomic E-state index is 0.178. The van der Waals surface area contributed by atoms with Gasteiger partial charge in [-0.25, -0.2) is 15.0 Å². The van der Waals surface area contributed by atoms with Crippen LogP contribution in [0.4, 0.5) is 5.13 Å². The number of anilines is 1.